The minimum Gasteiger partial charge on any atom is -0.399 e. The number of benzene rings is 2. The number of nitrogens with one attached hydrogen (secondary N) is 4. The van der Waals surface area contributed by atoms with Gasteiger partial charge in [0.15, 0.2) is 5.82 Å². The summed E-state index contributed by atoms with van der Waals surface area (Å²) in [5.41, 5.74) is 15.3. The van der Waals surface area contributed by atoms with Gasteiger partial charge in [-0.1, -0.05) is 37.6 Å². The Hall–Kier alpha value is -4.34. The Bertz CT molecular complexity index is 1300. The van der Waals surface area contributed by atoms with E-state index in [1.165, 1.54) is 4.57 Å². The monoisotopic (exact) mass is 504 g/mol. The zero-order valence-electron chi connectivity index (χ0n) is 21.6. The molecule has 3 aromatic rings. The van der Waals surface area contributed by atoms with Gasteiger partial charge >= 0.3 is 0 Å². The molecule has 0 fully saturated rings. The van der Waals surface area contributed by atoms with Crippen LogP contribution in [0.15, 0.2) is 53.5 Å². The molecule has 0 unspecified atom stereocenters. The second-order valence-corrected chi connectivity index (χ2v) is 9.19. The molecule has 3 rings (SSSR count). The molecule has 8 N–H and O–H groups in total. The average molecular weight is 505 g/mol. The summed E-state index contributed by atoms with van der Waals surface area (Å²) in [4.78, 5) is 30.7. The molecule has 0 aliphatic carbocycles. The molecular weight excluding hydrogens is 468 g/mol. The van der Waals surface area contributed by atoms with E-state index < -0.39 is 5.56 Å². The predicted molar refractivity (Wildman–Crippen MR) is 150 cm³/mol. The third kappa shape index (κ3) is 7.57. The van der Waals surface area contributed by atoms with Crippen molar-refractivity contribution in [2.24, 2.45) is 5.73 Å². The molecule has 0 saturated carbocycles. The van der Waals surface area contributed by atoms with Crippen molar-refractivity contribution >= 4 is 28.9 Å². The summed E-state index contributed by atoms with van der Waals surface area (Å²) in [5.74, 6) is -0.168. The normalized spacial score (nSPS) is 10.8. The van der Waals surface area contributed by atoms with Crippen LogP contribution in [-0.4, -0.2) is 33.9 Å². The van der Waals surface area contributed by atoms with E-state index in [0.717, 1.165) is 30.6 Å². The second-order valence-electron chi connectivity index (χ2n) is 9.19. The van der Waals surface area contributed by atoms with Crippen LogP contribution in [0.2, 0.25) is 0 Å². The van der Waals surface area contributed by atoms with Crippen molar-refractivity contribution in [2.75, 3.05) is 22.9 Å². The molecule has 10 nitrogen and oxygen atoms in total. The number of amidine groups is 1. The van der Waals surface area contributed by atoms with Crippen LogP contribution >= 0.6 is 0 Å². The Labute approximate surface area is 217 Å². The van der Waals surface area contributed by atoms with Gasteiger partial charge in [-0.25, -0.2) is 4.98 Å². The van der Waals surface area contributed by atoms with Crippen LogP contribution in [0.1, 0.15) is 44.7 Å². The third-order valence-electron chi connectivity index (χ3n) is 5.65. The van der Waals surface area contributed by atoms with Gasteiger partial charge in [-0.2, -0.15) is 0 Å². The minimum atomic E-state index is -0.393. The Morgan fingerprint density at radius 2 is 1.89 bits per heavy atom. The number of unbranched alkanes of at least 4 members (excludes halogenated alkanes) is 1. The van der Waals surface area contributed by atoms with E-state index in [2.05, 4.69) is 27.9 Å². The van der Waals surface area contributed by atoms with E-state index in [1.807, 2.05) is 26.0 Å². The van der Waals surface area contributed by atoms with Gasteiger partial charge in [0.25, 0.3) is 5.56 Å². The first-order chi connectivity index (χ1) is 17.7. The van der Waals surface area contributed by atoms with Crippen LogP contribution in [0.25, 0.3) is 11.3 Å². The fraction of sp³-hybridized carbons (Fsp3) is 0.333. The first-order valence-corrected chi connectivity index (χ1v) is 12.4. The Kier molecular flexibility index (Phi) is 9.26. The Morgan fingerprint density at radius 1 is 1.16 bits per heavy atom. The molecule has 0 aliphatic rings. The number of hydrogen-bond acceptors (Lipinski definition) is 7. The number of amides is 1. The number of hydrogen-bond donors (Lipinski definition) is 6. The maximum Gasteiger partial charge on any atom is 0.294 e. The molecule has 0 radical (unpaired) electrons. The predicted octanol–water partition coefficient (Wildman–Crippen LogP) is 3.13. The topological polar surface area (TPSA) is 164 Å². The van der Waals surface area contributed by atoms with Crippen molar-refractivity contribution in [3.63, 3.8) is 0 Å². The smallest absolute Gasteiger partial charge is 0.294 e. The van der Waals surface area contributed by atoms with Crippen molar-refractivity contribution in [1.82, 2.24) is 14.9 Å². The third-order valence-corrected chi connectivity index (χ3v) is 5.65. The summed E-state index contributed by atoms with van der Waals surface area (Å²) in [5, 5.41) is 16.8. The molecule has 2 aromatic carbocycles. The molecule has 1 aromatic heterocycles. The number of rotatable bonds is 12. The summed E-state index contributed by atoms with van der Waals surface area (Å²) in [6.07, 6.45) is 3.67. The molecule has 37 heavy (non-hydrogen) atoms. The van der Waals surface area contributed by atoms with Crippen molar-refractivity contribution < 1.29 is 4.79 Å². The SMILES string of the molecule is CCCCNc1cc(N)cc(-c2cnc(NC(C)C)c(=O)n2CC(=O)NCc2ccc(C(=N)N)cc2)c1. The van der Waals surface area contributed by atoms with Gasteiger partial charge in [0.1, 0.15) is 12.4 Å². The highest BCUT2D eigenvalue weighted by Gasteiger charge is 2.16. The number of carbonyl (C=O) groups excluding carboxylic acids is 1. The molecule has 1 amide bonds. The first kappa shape index (κ1) is 27.3. The lowest BCUT2D eigenvalue weighted by Crippen LogP contribution is -2.35. The number of aromatic nitrogens is 2. The minimum absolute atomic E-state index is 0.00645. The lowest BCUT2D eigenvalue weighted by atomic mass is 10.1. The number of carbonyl (C=O) groups is 1. The van der Waals surface area contributed by atoms with Gasteiger partial charge in [0.2, 0.25) is 5.91 Å². The second kappa shape index (κ2) is 12.6. The highest BCUT2D eigenvalue weighted by molar-refractivity contribution is 5.94. The molecule has 0 saturated heterocycles. The van der Waals surface area contributed by atoms with Gasteiger partial charge < -0.3 is 27.4 Å². The van der Waals surface area contributed by atoms with Crippen LogP contribution in [0.4, 0.5) is 17.2 Å². The van der Waals surface area contributed by atoms with Crippen LogP contribution < -0.4 is 33.0 Å². The summed E-state index contributed by atoms with van der Waals surface area (Å²) in [6, 6.07) is 12.6. The average Bonchev–Trinajstić information content (AvgIpc) is 2.85. The van der Waals surface area contributed by atoms with E-state index in [4.69, 9.17) is 16.9 Å². The van der Waals surface area contributed by atoms with Crippen molar-refractivity contribution in [3.8, 4) is 11.3 Å². The van der Waals surface area contributed by atoms with Crippen molar-refractivity contribution in [3.05, 3.63) is 70.1 Å². The lowest BCUT2D eigenvalue weighted by Gasteiger charge is -2.17. The zero-order chi connectivity index (χ0) is 26.9. The Morgan fingerprint density at radius 3 is 2.54 bits per heavy atom. The number of anilines is 3. The maximum absolute atomic E-state index is 13.4. The van der Waals surface area contributed by atoms with Crippen LogP contribution in [0, 0.1) is 5.41 Å². The molecule has 0 aliphatic heterocycles. The first-order valence-electron chi connectivity index (χ1n) is 12.4. The molecular formula is C27H36N8O2. The quantitative estimate of drug-likeness (QED) is 0.0954. The molecule has 0 atom stereocenters. The van der Waals surface area contributed by atoms with E-state index >= 15 is 0 Å². The molecule has 0 spiro atoms. The van der Waals surface area contributed by atoms with Crippen molar-refractivity contribution in [1.29, 1.82) is 5.41 Å². The number of nitrogens with two attached hydrogens (primary N) is 2. The molecule has 10 heteroatoms. The molecule has 1 heterocycles. The largest absolute Gasteiger partial charge is 0.399 e. The van der Waals surface area contributed by atoms with Crippen LogP contribution in [0.3, 0.4) is 0 Å². The lowest BCUT2D eigenvalue weighted by molar-refractivity contribution is -0.121. The summed E-state index contributed by atoms with van der Waals surface area (Å²) in [7, 11) is 0. The summed E-state index contributed by atoms with van der Waals surface area (Å²) in [6.45, 7) is 6.83. The fourth-order valence-corrected chi connectivity index (χ4v) is 3.76. The Balaban J connectivity index is 1.89. The number of nitrogen functional groups attached to an aromatic ring is 2. The fourth-order valence-electron chi connectivity index (χ4n) is 3.76. The standard InChI is InChI=1S/C27H36N8O2/c1-4-5-10-31-22-12-20(11-21(28)13-22)23-15-33-26(34-17(2)3)27(37)35(23)16-24(36)32-14-18-6-8-19(9-7-18)25(29)30/h6-9,11-13,15,17,31H,4-5,10,14,16,28H2,1-3H3,(H3,29,30)(H,32,36)(H,33,34). The molecule has 0 bridgehead atoms. The zero-order valence-corrected chi connectivity index (χ0v) is 21.6. The summed E-state index contributed by atoms with van der Waals surface area (Å²) < 4.78 is 1.41. The van der Waals surface area contributed by atoms with Crippen LogP contribution in [-0.2, 0) is 17.9 Å². The van der Waals surface area contributed by atoms with Gasteiger partial charge in [0, 0.05) is 41.6 Å². The van der Waals surface area contributed by atoms with Gasteiger partial charge in [-0.05, 0) is 44.0 Å². The number of nitrogens with zero attached hydrogens (tertiary/aromatic N) is 2. The van der Waals surface area contributed by atoms with Crippen molar-refractivity contribution in [2.45, 2.75) is 52.7 Å². The van der Waals surface area contributed by atoms with Gasteiger partial charge in [-0.15, -0.1) is 0 Å². The van der Waals surface area contributed by atoms with E-state index in [1.54, 1.807) is 36.5 Å². The van der Waals surface area contributed by atoms with Gasteiger partial charge in [0.05, 0.1) is 11.9 Å². The van der Waals surface area contributed by atoms with Gasteiger partial charge in [-0.3, -0.25) is 19.6 Å². The maximum atomic E-state index is 13.4. The van der Waals surface area contributed by atoms with E-state index in [-0.39, 0.29) is 36.7 Å². The van der Waals surface area contributed by atoms with E-state index in [9.17, 15) is 9.59 Å². The highest BCUT2D eigenvalue weighted by atomic mass is 16.2. The van der Waals surface area contributed by atoms with E-state index in [0.29, 0.717) is 22.5 Å². The highest BCUT2D eigenvalue weighted by Crippen LogP contribution is 2.26. The summed E-state index contributed by atoms with van der Waals surface area (Å²) >= 11 is 0. The van der Waals surface area contributed by atoms with Crippen LogP contribution in [0.5, 0.6) is 0 Å². The molecule has 196 valence electrons.